The molecule has 13 heteroatoms. The minimum absolute atomic E-state index is 0.0423. The Bertz CT molecular complexity index is 926. The van der Waals surface area contributed by atoms with Crippen LogP contribution in [0.4, 0.5) is 24.0 Å². The van der Waals surface area contributed by atoms with Crippen molar-refractivity contribution < 1.29 is 37.0 Å². The molecule has 4 rings (SSSR count). The van der Waals surface area contributed by atoms with Gasteiger partial charge in [0.15, 0.2) is 16.8 Å². The Labute approximate surface area is 168 Å². The predicted octanol–water partition coefficient (Wildman–Crippen LogP) is 3.71. The van der Waals surface area contributed by atoms with Crippen LogP contribution in [0.3, 0.4) is 0 Å². The number of hydrogen-bond donors (Lipinski definition) is 1. The van der Waals surface area contributed by atoms with E-state index in [1.807, 2.05) is 0 Å². The molecule has 2 aromatic rings. The number of halogens is 5. The molecular formula is C15H12BrClF3N3O5. The van der Waals surface area contributed by atoms with Crippen LogP contribution in [0.5, 0.6) is 5.75 Å². The summed E-state index contributed by atoms with van der Waals surface area (Å²) in [5.41, 5.74) is -0.144. The number of fused-ring (bicyclic) bond motifs is 3. The van der Waals surface area contributed by atoms with Crippen LogP contribution in [0.15, 0.2) is 15.0 Å². The monoisotopic (exact) mass is 485 g/mol. The lowest BCUT2D eigenvalue weighted by molar-refractivity contribution is -0.274. The average Bonchev–Trinajstić information content (AvgIpc) is 3.02. The Hall–Kier alpha value is -1.92. The Kier molecular flexibility index (Phi) is 4.74. The van der Waals surface area contributed by atoms with Crippen LogP contribution >= 0.6 is 27.5 Å². The number of hydrogen-bond acceptors (Lipinski definition) is 6. The van der Waals surface area contributed by atoms with Gasteiger partial charge in [0, 0.05) is 13.1 Å². The van der Waals surface area contributed by atoms with Gasteiger partial charge in [0.05, 0.1) is 34.8 Å². The first-order valence-electron chi connectivity index (χ1n) is 8.02. The van der Waals surface area contributed by atoms with Crippen LogP contribution in [0.1, 0.15) is 0 Å². The smallest absolute Gasteiger partial charge is 0.465 e. The zero-order valence-electron chi connectivity index (χ0n) is 13.9. The Morgan fingerprint density at radius 1 is 1.36 bits per heavy atom. The number of ether oxygens (including phenoxy) is 2. The number of benzene rings is 1. The van der Waals surface area contributed by atoms with Gasteiger partial charge in [-0.1, -0.05) is 11.6 Å². The normalized spacial score (nSPS) is 22.6. The third-order valence-electron chi connectivity index (χ3n) is 4.50. The second-order valence-corrected chi connectivity index (χ2v) is 7.59. The van der Waals surface area contributed by atoms with E-state index >= 15 is 0 Å². The average molecular weight is 487 g/mol. The number of rotatable bonds is 2. The number of amides is 1. The summed E-state index contributed by atoms with van der Waals surface area (Å²) in [5.74, 6) is -0.657. The molecule has 0 saturated carbocycles. The summed E-state index contributed by atoms with van der Waals surface area (Å²) in [6.45, 7) is 0.849. The fourth-order valence-corrected chi connectivity index (χ4v) is 4.33. The van der Waals surface area contributed by atoms with Crippen LogP contribution in [-0.4, -0.2) is 65.8 Å². The highest BCUT2D eigenvalue weighted by atomic mass is 79.9. The maximum absolute atomic E-state index is 12.7. The number of piperazine rings is 1. The highest BCUT2D eigenvalue weighted by Crippen LogP contribution is 2.42. The summed E-state index contributed by atoms with van der Waals surface area (Å²) < 4.78 is 53.7. The molecule has 3 heterocycles. The SMILES string of the molecule is O=C(O)N1C2COCC1CN(c1nc3c(OC(F)(F)F)c(Cl)cc(Br)c3o1)C2. The minimum atomic E-state index is -4.95. The van der Waals surface area contributed by atoms with Gasteiger partial charge in [0.2, 0.25) is 0 Å². The van der Waals surface area contributed by atoms with Crippen LogP contribution < -0.4 is 9.64 Å². The van der Waals surface area contributed by atoms with Crippen LogP contribution in [0, 0.1) is 0 Å². The van der Waals surface area contributed by atoms with Crippen LogP contribution in [0.25, 0.3) is 11.1 Å². The van der Waals surface area contributed by atoms with Crippen molar-refractivity contribution >= 4 is 50.7 Å². The second kappa shape index (κ2) is 6.85. The van der Waals surface area contributed by atoms with E-state index in [1.54, 1.807) is 4.90 Å². The first-order chi connectivity index (χ1) is 13.1. The van der Waals surface area contributed by atoms with Gasteiger partial charge in [0.25, 0.3) is 6.01 Å². The second-order valence-electron chi connectivity index (χ2n) is 6.33. The van der Waals surface area contributed by atoms with Crippen LogP contribution in [0.2, 0.25) is 5.02 Å². The molecule has 2 aliphatic rings. The Morgan fingerprint density at radius 3 is 2.57 bits per heavy atom. The molecule has 1 amide bonds. The van der Waals surface area contributed by atoms with Crippen molar-refractivity contribution in [3.63, 3.8) is 0 Å². The number of nitrogens with zero attached hydrogens (tertiary/aromatic N) is 3. The van der Waals surface area contributed by atoms with E-state index in [0.717, 1.165) is 0 Å². The highest BCUT2D eigenvalue weighted by Gasteiger charge is 2.42. The summed E-state index contributed by atoms with van der Waals surface area (Å²) in [7, 11) is 0. The Morgan fingerprint density at radius 2 is 2.00 bits per heavy atom. The van der Waals surface area contributed by atoms with Crippen molar-refractivity contribution in [1.29, 1.82) is 0 Å². The maximum atomic E-state index is 12.7. The standard InChI is InChI=1S/C15H12BrClF3N3O5/c16-8-1-9(17)12(28-15(18,19)20)10-11(8)27-13(21-10)22-2-6-4-26-5-7(3-22)23(6)14(24)25/h1,6-7H,2-5H2,(H,24,25). The molecule has 1 aromatic carbocycles. The van der Waals surface area contributed by atoms with Gasteiger partial charge >= 0.3 is 12.5 Å². The topological polar surface area (TPSA) is 88.3 Å². The van der Waals surface area contributed by atoms with Crippen molar-refractivity contribution in [2.45, 2.75) is 18.4 Å². The molecule has 0 aliphatic carbocycles. The molecular weight excluding hydrogens is 475 g/mol. The van der Waals surface area contributed by atoms with Gasteiger partial charge in [-0.25, -0.2) is 4.79 Å². The molecule has 2 fully saturated rings. The first kappa shape index (κ1) is 19.4. The molecule has 8 nitrogen and oxygen atoms in total. The third kappa shape index (κ3) is 3.44. The predicted molar refractivity (Wildman–Crippen MR) is 93.9 cm³/mol. The van der Waals surface area contributed by atoms with Gasteiger partial charge in [-0.15, -0.1) is 13.2 Å². The lowest BCUT2D eigenvalue weighted by atomic mass is 10.1. The quantitative estimate of drug-likeness (QED) is 0.692. The maximum Gasteiger partial charge on any atom is 0.573 e. The zero-order chi connectivity index (χ0) is 20.2. The molecule has 2 aliphatic heterocycles. The van der Waals surface area contributed by atoms with E-state index in [2.05, 4.69) is 25.7 Å². The van der Waals surface area contributed by atoms with Gasteiger partial charge in [0.1, 0.15) is 0 Å². The van der Waals surface area contributed by atoms with E-state index in [-0.39, 0.29) is 48.4 Å². The van der Waals surface area contributed by atoms with Gasteiger partial charge in [-0.2, -0.15) is 4.98 Å². The summed E-state index contributed by atoms with van der Waals surface area (Å²) in [6.07, 6.45) is -6.00. The number of carboxylic acid groups (broad SMARTS) is 1. The van der Waals surface area contributed by atoms with E-state index in [1.165, 1.54) is 11.0 Å². The van der Waals surface area contributed by atoms with Crippen molar-refractivity contribution in [3.8, 4) is 5.75 Å². The van der Waals surface area contributed by atoms with Crippen LogP contribution in [-0.2, 0) is 4.74 Å². The molecule has 2 saturated heterocycles. The molecule has 2 unspecified atom stereocenters. The van der Waals surface area contributed by atoms with Gasteiger partial charge in [-0.05, 0) is 22.0 Å². The first-order valence-corrected chi connectivity index (χ1v) is 9.19. The number of oxazole rings is 1. The van der Waals surface area contributed by atoms with Crippen molar-refractivity contribution in [1.82, 2.24) is 9.88 Å². The molecule has 28 heavy (non-hydrogen) atoms. The number of alkyl halides is 3. The molecule has 2 bridgehead atoms. The number of anilines is 1. The lowest BCUT2D eigenvalue weighted by Gasteiger charge is -2.47. The molecule has 1 N–H and O–H groups in total. The number of aromatic nitrogens is 1. The fraction of sp³-hybridized carbons (Fsp3) is 0.467. The minimum Gasteiger partial charge on any atom is -0.465 e. The van der Waals surface area contributed by atoms with Gasteiger partial charge in [-0.3, -0.25) is 4.90 Å². The van der Waals surface area contributed by atoms with E-state index in [4.69, 9.17) is 20.8 Å². The van der Waals surface area contributed by atoms with Crippen molar-refractivity contribution in [2.24, 2.45) is 0 Å². The van der Waals surface area contributed by atoms with Crippen molar-refractivity contribution in [3.05, 3.63) is 15.6 Å². The summed E-state index contributed by atoms with van der Waals surface area (Å²) in [5, 5.41) is 9.12. The summed E-state index contributed by atoms with van der Waals surface area (Å²) in [4.78, 5) is 18.6. The fourth-order valence-electron chi connectivity index (χ4n) is 3.46. The lowest BCUT2D eigenvalue weighted by Crippen LogP contribution is -2.66. The molecule has 0 spiro atoms. The van der Waals surface area contributed by atoms with E-state index < -0.39 is 30.3 Å². The highest BCUT2D eigenvalue weighted by molar-refractivity contribution is 9.10. The van der Waals surface area contributed by atoms with E-state index in [9.17, 15) is 23.1 Å². The van der Waals surface area contributed by atoms with Gasteiger partial charge < -0.3 is 23.9 Å². The number of carbonyl (C=O) groups is 1. The summed E-state index contributed by atoms with van der Waals surface area (Å²) in [6, 6.07) is 0.382. The Balaban J connectivity index is 1.72. The van der Waals surface area contributed by atoms with Crippen molar-refractivity contribution in [2.75, 3.05) is 31.2 Å². The molecule has 1 aromatic heterocycles. The van der Waals surface area contributed by atoms with E-state index in [0.29, 0.717) is 4.47 Å². The molecule has 0 radical (unpaired) electrons. The largest absolute Gasteiger partial charge is 0.573 e. The molecule has 152 valence electrons. The summed E-state index contributed by atoms with van der Waals surface area (Å²) >= 11 is 9.10. The zero-order valence-corrected chi connectivity index (χ0v) is 16.2. The third-order valence-corrected chi connectivity index (χ3v) is 5.37. The molecule has 2 atom stereocenters. The number of morpholine rings is 1.